The van der Waals surface area contributed by atoms with Gasteiger partial charge in [0.2, 0.25) is 0 Å². The number of hydrogen-bond acceptors (Lipinski definition) is 3. The fourth-order valence-corrected chi connectivity index (χ4v) is 4.22. The van der Waals surface area contributed by atoms with Crippen LogP contribution in [0.25, 0.3) is 17.0 Å². The molecule has 3 aromatic rings. The van der Waals surface area contributed by atoms with Gasteiger partial charge < -0.3 is 4.57 Å². The van der Waals surface area contributed by atoms with E-state index in [0.717, 1.165) is 39.5 Å². The van der Waals surface area contributed by atoms with Gasteiger partial charge in [-0.1, -0.05) is 41.9 Å². The Morgan fingerprint density at radius 1 is 1.07 bits per heavy atom. The molecule has 1 fully saturated rings. The zero-order chi connectivity index (χ0) is 19.1. The van der Waals surface area contributed by atoms with Crippen LogP contribution in [0, 0.1) is 6.92 Å². The van der Waals surface area contributed by atoms with Crippen LogP contribution in [0.15, 0.2) is 53.4 Å². The summed E-state index contributed by atoms with van der Waals surface area (Å²) in [6, 6.07) is 15.2. The van der Waals surface area contributed by atoms with E-state index in [4.69, 9.17) is 11.6 Å². The lowest BCUT2D eigenvalue weighted by Crippen LogP contribution is -2.27. The second kappa shape index (κ2) is 6.91. The molecule has 1 saturated heterocycles. The van der Waals surface area contributed by atoms with Crippen LogP contribution < -0.4 is 0 Å². The molecule has 0 spiro atoms. The molecule has 0 N–H and O–H groups in total. The predicted molar refractivity (Wildman–Crippen MR) is 111 cm³/mol. The van der Waals surface area contributed by atoms with Gasteiger partial charge in [0.25, 0.3) is 11.1 Å². The number of hydrogen-bond donors (Lipinski definition) is 0. The van der Waals surface area contributed by atoms with Crippen molar-refractivity contribution in [3.8, 4) is 0 Å². The number of carbonyl (C=O) groups excluding carboxylic acids is 2. The van der Waals surface area contributed by atoms with E-state index in [1.165, 1.54) is 4.90 Å². The minimum Gasteiger partial charge on any atom is -0.347 e. The normalized spacial score (nSPS) is 16.1. The number of thioether (sulfide) groups is 1. The van der Waals surface area contributed by atoms with E-state index in [-0.39, 0.29) is 17.7 Å². The average Bonchev–Trinajstić information content (AvgIpc) is 3.07. The molecule has 2 heterocycles. The third-order valence-electron chi connectivity index (χ3n) is 4.85. The second-order valence-electron chi connectivity index (χ2n) is 6.47. The lowest BCUT2D eigenvalue weighted by molar-refractivity contribution is -0.123. The van der Waals surface area contributed by atoms with Crippen molar-refractivity contribution < 1.29 is 9.59 Å². The summed E-state index contributed by atoms with van der Waals surface area (Å²) in [5.74, 6) is -0.257. The Morgan fingerprint density at radius 2 is 1.78 bits per heavy atom. The zero-order valence-corrected chi connectivity index (χ0v) is 16.5. The standard InChI is InChI=1S/C21H17ClN2O2S/c1-13-17(16-5-3-4-6-18(16)23(13)2)11-19-20(25)24(21(26)27-19)12-14-7-9-15(22)10-8-14/h3-11H,12H2,1-2H3/b19-11-. The number of benzene rings is 2. The molecule has 0 atom stereocenters. The Kier molecular flexibility index (Phi) is 4.58. The fourth-order valence-electron chi connectivity index (χ4n) is 3.27. The molecule has 4 rings (SSSR count). The van der Waals surface area contributed by atoms with Crippen LogP contribution in [-0.2, 0) is 18.4 Å². The van der Waals surface area contributed by atoms with Crippen molar-refractivity contribution in [2.24, 2.45) is 7.05 Å². The number of carbonyl (C=O) groups is 2. The van der Waals surface area contributed by atoms with Crippen molar-refractivity contribution in [2.45, 2.75) is 13.5 Å². The molecule has 1 aliphatic heterocycles. The molecule has 2 amide bonds. The highest BCUT2D eigenvalue weighted by Gasteiger charge is 2.35. The number of rotatable bonds is 3. The summed E-state index contributed by atoms with van der Waals surface area (Å²) < 4.78 is 2.10. The summed E-state index contributed by atoms with van der Waals surface area (Å²) in [4.78, 5) is 27.0. The van der Waals surface area contributed by atoms with E-state index >= 15 is 0 Å². The molecule has 0 aliphatic carbocycles. The van der Waals surface area contributed by atoms with Crippen LogP contribution in [0.5, 0.6) is 0 Å². The first-order valence-electron chi connectivity index (χ1n) is 8.49. The smallest absolute Gasteiger partial charge is 0.293 e. The first-order chi connectivity index (χ1) is 13.0. The molecular weight excluding hydrogens is 380 g/mol. The minimum atomic E-state index is -0.257. The zero-order valence-electron chi connectivity index (χ0n) is 14.9. The number of aromatic nitrogens is 1. The number of nitrogens with zero attached hydrogens (tertiary/aromatic N) is 2. The molecule has 0 unspecified atom stereocenters. The van der Waals surface area contributed by atoms with E-state index in [1.54, 1.807) is 12.1 Å². The van der Waals surface area contributed by atoms with E-state index < -0.39 is 0 Å². The molecule has 6 heteroatoms. The van der Waals surface area contributed by atoms with Gasteiger partial charge in [-0.05, 0) is 48.5 Å². The summed E-state index contributed by atoms with van der Waals surface area (Å²) in [6.45, 7) is 2.26. The quantitative estimate of drug-likeness (QED) is 0.558. The van der Waals surface area contributed by atoms with E-state index in [2.05, 4.69) is 4.57 Å². The van der Waals surface area contributed by atoms with E-state index in [9.17, 15) is 9.59 Å². The van der Waals surface area contributed by atoms with E-state index in [0.29, 0.717) is 9.93 Å². The van der Waals surface area contributed by atoms with Crippen molar-refractivity contribution in [3.63, 3.8) is 0 Å². The average molecular weight is 397 g/mol. The van der Waals surface area contributed by atoms with Gasteiger partial charge in [0, 0.05) is 34.2 Å². The third kappa shape index (κ3) is 3.17. The first-order valence-corrected chi connectivity index (χ1v) is 9.69. The molecule has 136 valence electrons. The topological polar surface area (TPSA) is 42.3 Å². The highest BCUT2D eigenvalue weighted by atomic mass is 35.5. The number of aryl methyl sites for hydroxylation is 1. The first kappa shape index (κ1) is 17.9. The lowest BCUT2D eigenvalue weighted by atomic mass is 10.1. The van der Waals surface area contributed by atoms with Crippen LogP contribution in [0.4, 0.5) is 4.79 Å². The van der Waals surface area contributed by atoms with Crippen molar-refractivity contribution in [3.05, 3.63) is 75.3 Å². The van der Waals surface area contributed by atoms with E-state index in [1.807, 2.05) is 56.4 Å². The van der Waals surface area contributed by atoms with Crippen molar-refractivity contribution in [1.82, 2.24) is 9.47 Å². The molecular formula is C21H17ClN2O2S. The van der Waals surface area contributed by atoms with Crippen molar-refractivity contribution >= 4 is 51.5 Å². The summed E-state index contributed by atoms with van der Waals surface area (Å²) in [5, 5.41) is 1.44. The molecule has 2 aromatic carbocycles. The van der Waals surface area contributed by atoms with Crippen LogP contribution in [-0.4, -0.2) is 20.6 Å². The summed E-state index contributed by atoms with van der Waals surface area (Å²) in [6.07, 6.45) is 1.84. The van der Waals surface area contributed by atoms with Gasteiger partial charge in [-0.2, -0.15) is 0 Å². The second-order valence-corrected chi connectivity index (χ2v) is 7.90. The predicted octanol–water partition coefficient (Wildman–Crippen LogP) is 5.38. The molecule has 0 radical (unpaired) electrons. The number of fused-ring (bicyclic) bond motifs is 1. The monoisotopic (exact) mass is 396 g/mol. The Morgan fingerprint density at radius 3 is 2.52 bits per heavy atom. The largest absolute Gasteiger partial charge is 0.347 e. The van der Waals surface area contributed by atoms with Gasteiger partial charge in [0.15, 0.2) is 0 Å². The van der Waals surface area contributed by atoms with Gasteiger partial charge in [-0.25, -0.2) is 0 Å². The van der Waals surface area contributed by atoms with Gasteiger partial charge >= 0.3 is 0 Å². The summed E-state index contributed by atoms with van der Waals surface area (Å²) in [7, 11) is 2.00. The Balaban J connectivity index is 1.68. The van der Waals surface area contributed by atoms with Gasteiger partial charge in [0.1, 0.15) is 0 Å². The summed E-state index contributed by atoms with van der Waals surface area (Å²) in [5.41, 5.74) is 4.00. The maximum atomic E-state index is 12.8. The highest BCUT2D eigenvalue weighted by molar-refractivity contribution is 8.18. The number of imide groups is 1. The Hall–Kier alpha value is -2.50. The van der Waals surface area contributed by atoms with Crippen LogP contribution in [0.3, 0.4) is 0 Å². The SMILES string of the molecule is Cc1c(/C=C2\SC(=O)N(Cc3ccc(Cl)cc3)C2=O)c2ccccc2n1C. The molecule has 0 bridgehead atoms. The van der Waals surface area contributed by atoms with Gasteiger partial charge in [0.05, 0.1) is 11.4 Å². The molecule has 1 aromatic heterocycles. The molecule has 4 nitrogen and oxygen atoms in total. The third-order valence-corrected chi connectivity index (χ3v) is 6.01. The van der Waals surface area contributed by atoms with Gasteiger partial charge in [-0.3, -0.25) is 14.5 Å². The Bertz CT molecular complexity index is 1100. The lowest BCUT2D eigenvalue weighted by Gasteiger charge is -2.12. The van der Waals surface area contributed by atoms with Crippen LogP contribution >= 0.6 is 23.4 Å². The maximum absolute atomic E-state index is 12.8. The van der Waals surface area contributed by atoms with Crippen LogP contribution in [0.1, 0.15) is 16.8 Å². The van der Waals surface area contributed by atoms with Crippen LogP contribution in [0.2, 0.25) is 5.02 Å². The molecule has 0 saturated carbocycles. The maximum Gasteiger partial charge on any atom is 0.293 e. The minimum absolute atomic E-state index is 0.244. The van der Waals surface area contributed by atoms with Crippen molar-refractivity contribution in [2.75, 3.05) is 0 Å². The number of halogens is 1. The van der Waals surface area contributed by atoms with Gasteiger partial charge in [-0.15, -0.1) is 0 Å². The highest BCUT2D eigenvalue weighted by Crippen LogP contribution is 2.36. The molecule has 1 aliphatic rings. The molecule has 27 heavy (non-hydrogen) atoms. The summed E-state index contributed by atoms with van der Waals surface area (Å²) >= 11 is 6.89. The number of amides is 2. The number of para-hydroxylation sites is 1. The fraction of sp³-hybridized carbons (Fsp3) is 0.143. The Labute approximate surface area is 166 Å². The van der Waals surface area contributed by atoms with Crippen molar-refractivity contribution in [1.29, 1.82) is 0 Å².